The summed E-state index contributed by atoms with van der Waals surface area (Å²) < 4.78 is 12.7. The summed E-state index contributed by atoms with van der Waals surface area (Å²) in [5, 5.41) is 7.87. The number of hydrogen-bond donors (Lipinski definition) is 3. The quantitative estimate of drug-likeness (QED) is 0.759. The van der Waals surface area contributed by atoms with Crippen molar-refractivity contribution in [2.75, 3.05) is 31.5 Å². The molecule has 7 heteroatoms. The molecule has 0 radical (unpaired) electrons. The molecule has 1 fully saturated rings. The van der Waals surface area contributed by atoms with Crippen LogP contribution < -0.4 is 16.0 Å². The van der Waals surface area contributed by atoms with E-state index in [0.29, 0.717) is 31.9 Å². The van der Waals surface area contributed by atoms with Gasteiger partial charge >= 0.3 is 12.1 Å². The molecule has 1 aromatic rings. The smallest absolute Gasteiger partial charge is 0.319 e. The fourth-order valence-electron chi connectivity index (χ4n) is 1.74. The second kappa shape index (κ2) is 6.03. The van der Waals surface area contributed by atoms with Gasteiger partial charge in [0, 0.05) is 31.9 Å². The molecule has 0 aromatic heterocycles. The minimum absolute atomic E-state index is 0.110. The van der Waals surface area contributed by atoms with Crippen LogP contribution in [0.2, 0.25) is 0 Å². The molecule has 1 saturated heterocycles. The number of nitrogens with one attached hydrogen (secondary N) is 3. The highest BCUT2D eigenvalue weighted by atomic mass is 19.1. The predicted molar refractivity (Wildman–Crippen MR) is 68.4 cm³/mol. The van der Waals surface area contributed by atoms with E-state index in [4.69, 9.17) is 0 Å². The third-order valence-electron chi connectivity index (χ3n) is 2.71. The lowest BCUT2D eigenvalue weighted by Crippen LogP contribution is -2.38. The number of carbonyl (C=O) groups excluding carboxylic acids is 2. The first-order chi connectivity index (χ1) is 9.15. The maximum absolute atomic E-state index is 12.7. The van der Waals surface area contributed by atoms with Crippen LogP contribution >= 0.6 is 0 Å². The maximum atomic E-state index is 12.7. The van der Waals surface area contributed by atoms with Crippen LogP contribution in [0.15, 0.2) is 24.3 Å². The van der Waals surface area contributed by atoms with Gasteiger partial charge in [0.1, 0.15) is 5.82 Å². The fourth-order valence-corrected chi connectivity index (χ4v) is 1.74. The number of amides is 4. The lowest BCUT2D eigenvalue weighted by Gasteiger charge is -2.14. The number of nitrogens with zero attached hydrogens (tertiary/aromatic N) is 1. The molecule has 3 N–H and O–H groups in total. The molecular formula is C12H15FN4O2. The van der Waals surface area contributed by atoms with Crippen LogP contribution in [-0.4, -0.2) is 43.1 Å². The lowest BCUT2D eigenvalue weighted by atomic mass is 10.3. The summed E-state index contributed by atoms with van der Waals surface area (Å²) in [5.41, 5.74) is 0.512. The second-order valence-electron chi connectivity index (χ2n) is 4.11. The van der Waals surface area contributed by atoms with E-state index in [9.17, 15) is 14.0 Å². The van der Waals surface area contributed by atoms with Crippen molar-refractivity contribution in [2.45, 2.75) is 0 Å². The molecule has 4 amide bonds. The van der Waals surface area contributed by atoms with E-state index in [2.05, 4.69) is 16.0 Å². The second-order valence-corrected chi connectivity index (χ2v) is 4.11. The maximum Gasteiger partial charge on any atom is 0.319 e. The van der Waals surface area contributed by atoms with Crippen LogP contribution in [0, 0.1) is 5.82 Å². The Labute approximate surface area is 110 Å². The molecular weight excluding hydrogens is 251 g/mol. The van der Waals surface area contributed by atoms with E-state index in [0.717, 1.165) is 0 Å². The van der Waals surface area contributed by atoms with Gasteiger partial charge in [-0.25, -0.2) is 14.0 Å². The number of rotatable bonds is 4. The van der Waals surface area contributed by atoms with Crippen molar-refractivity contribution in [1.29, 1.82) is 0 Å². The Morgan fingerprint density at radius 3 is 2.74 bits per heavy atom. The minimum atomic E-state index is -0.383. The first-order valence-electron chi connectivity index (χ1n) is 5.98. The Bertz CT molecular complexity index is 463. The van der Waals surface area contributed by atoms with Gasteiger partial charge in [0.2, 0.25) is 0 Å². The number of anilines is 1. The van der Waals surface area contributed by atoms with Gasteiger partial charge in [-0.2, -0.15) is 0 Å². The van der Waals surface area contributed by atoms with E-state index in [1.807, 2.05) is 0 Å². The largest absolute Gasteiger partial charge is 0.336 e. The Morgan fingerprint density at radius 1 is 1.37 bits per heavy atom. The standard InChI is InChI=1S/C12H15FN4O2/c13-9-1-3-10(4-2-9)16-11(18)14-5-7-17-8-6-15-12(17)19/h1-4H,5-8H2,(H,15,19)(H2,14,16,18). The van der Waals surface area contributed by atoms with E-state index >= 15 is 0 Å². The molecule has 0 spiro atoms. The minimum Gasteiger partial charge on any atom is -0.336 e. The third-order valence-corrected chi connectivity index (χ3v) is 2.71. The third kappa shape index (κ3) is 3.84. The molecule has 1 aliphatic heterocycles. The Hall–Kier alpha value is -2.31. The zero-order chi connectivity index (χ0) is 13.7. The average molecular weight is 266 g/mol. The highest BCUT2D eigenvalue weighted by Crippen LogP contribution is 2.07. The molecule has 0 unspecified atom stereocenters. The zero-order valence-corrected chi connectivity index (χ0v) is 10.3. The van der Waals surface area contributed by atoms with E-state index in [1.165, 1.54) is 24.3 Å². The summed E-state index contributed by atoms with van der Waals surface area (Å²) in [4.78, 5) is 24.4. The van der Waals surface area contributed by atoms with E-state index in [-0.39, 0.29) is 17.9 Å². The zero-order valence-electron chi connectivity index (χ0n) is 10.3. The Kier molecular flexibility index (Phi) is 4.17. The molecule has 0 atom stereocenters. The Balaban J connectivity index is 1.69. The van der Waals surface area contributed by atoms with Gasteiger partial charge in [-0.05, 0) is 24.3 Å². The van der Waals surface area contributed by atoms with Gasteiger partial charge in [0.15, 0.2) is 0 Å². The SMILES string of the molecule is O=C(NCCN1CCNC1=O)Nc1ccc(F)cc1. The molecule has 1 heterocycles. The number of hydrogen-bond acceptors (Lipinski definition) is 2. The van der Waals surface area contributed by atoms with Crippen molar-refractivity contribution in [3.63, 3.8) is 0 Å². The summed E-state index contributed by atoms with van der Waals surface area (Å²) in [7, 11) is 0. The van der Waals surface area contributed by atoms with Crippen LogP contribution in [0.3, 0.4) is 0 Å². The average Bonchev–Trinajstić information content (AvgIpc) is 2.78. The molecule has 1 aliphatic rings. The molecule has 0 aliphatic carbocycles. The van der Waals surface area contributed by atoms with Gasteiger partial charge in [0.05, 0.1) is 0 Å². The predicted octanol–water partition coefficient (Wildman–Crippen LogP) is 0.972. The van der Waals surface area contributed by atoms with Crippen molar-refractivity contribution in [3.05, 3.63) is 30.1 Å². The van der Waals surface area contributed by atoms with Crippen molar-refractivity contribution >= 4 is 17.7 Å². The van der Waals surface area contributed by atoms with Crippen molar-refractivity contribution < 1.29 is 14.0 Å². The molecule has 1 aromatic carbocycles. The van der Waals surface area contributed by atoms with Crippen LogP contribution in [-0.2, 0) is 0 Å². The number of benzene rings is 1. The van der Waals surface area contributed by atoms with Gasteiger partial charge in [-0.1, -0.05) is 0 Å². The summed E-state index contributed by atoms with van der Waals surface area (Å²) in [6.07, 6.45) is 0. The lowest BCUT2D eigenvalue weighted by molar-refractivity contribution is 0.216. The topological polar surface area (TPSA) is 73.5 Å². The van der Waals surface area contributed by atoms with Gasteiger partial charge in [-0.3, -0.25) is 0 Å². The van der Waals surface area contributed by atoms with E-state index < -0.39 is 0 Å². The normalized spacial score (nSPS) is 14.2. The fraction of sp³-hybridized carbons (Fsp3) is 0.333. The summed E-state index contributed by atoms with van der Waals surface area (Å²) in [6, 6.07) is 4.99. The molecule has 102 valence electrons. The monoisotopic (exact) mass is 266 g/mol. The number of halogens is 1. The van der Waals surface area contributed by atoms with Crippen molar-refractivity contribution in [2.24, 2.45) is 0 Å². The van der Waals surface area contributed by atoms with Crippen molar-refractivity contribution in [3.8, 4) is 0 Å². The highest BCUT2D eigenvalue weighted by Gasteiger charge is 2.18. The van der Waals surface area contributed by atoms with Crippen LogP contribution in [0.4, 0.5) is 19.7 Å². The molecule has 2 rings (SSSR count). The van der Waals surface area contributed by atoms with Gasteiger partial charge < -0.3 is 20.9 Å². The van der Waals surface area contributed by atoms with Gasteiger partial charge in [0.25, 0.3) is 0 Å². The van der Waals surface area contributed by atoms with Crippen LogP contribution in [0.5, 0.6) is 0 Å². The number of carbonyl (C=O) groups is 2. The molecule has 0 saturated carbocycles. The Morgan fingerprint density at radius 2 is 2.11 bits per heavy atom. The first-order valence-corrected chi connectivity index (χ1v) is 5.98. The van der Waals surface area contributed by atoms with Crippen molar-refractivity contribution in [1.82, 2.24) is 15.5 Å². The summed E-state index contributed by atoms with van der Waals surface area (Å²) in [5.74, 6) is -0.356. The van der Waals surface area contributed by atoms with E-state index in [1.54, 1.807) is 4.90 Å². The van der Waals surface area contributed by atoms with Crippen LogP contribution in [0.25, 0.3) is 0 Å². The van der Waals surface area contributed by atoms with Gasteiger partial charge in [-0.15, -0.1) is 0 Å². The summed E-state index contributed by atoms with van der Waals surface area (Å²) >= 11 is 0. The highest BCUT2D eigenvalue weighted by molar-refractivity contribution is 5.89. The van der Waals surface area contributed by atoms with Crippen LogP contribution in [0.1, 0.15) is 0 Å². The molecule has 19 heavy (non-hydrogen) atoms. The number of urea groups is 2. The first kappa shape index (κ1) is 13.1. The molecule has 6 nitrogen and oxygen atoms in total. The summed E-state index contributed by atoms with van der Waals surface area (Å²) in [6.45, 7) is 2.11. The molecule has 0 bridgehead atoms.